The van der Waals surface area contributed by atoms with Crippen molar-refractivity contribution in [1.29, 1.82) is 0 Å². The molecule has 0 unspecified atom stereocenters. The van der Waals surface area contributed by atoms with Gasteiger partial charge in [0.15, 0.2) is 0 Å². The van der Waals surface area contributed by atoms with Gasteiger partial charge in [0.25, 0.3) is 0 Å². The van der Waals surface area contributed by atoms with Gasteiger partial charge in [0.2, 0.25) is 0 Å². The van der Waals surface area contributed by atoms with Crippen molar-refractivity contribution in [3.8, 4) is 10.4 Å². The summed E-state index contributed by atoms with van der Waals surface area (Å²) in [5.74, 6) is 0. The van der Waals surface area contributed by atoms with Crippen LogP contribution in [0, 0.1) is 0 Å². The van der Waals surface area contributed by atoms with Gasteiger partial charge in [0, 0.05) is 25.0 Å². The molecule has 0 aliphatic heterocycles. The summed E-state index contributed by atoms with van der Waals surface area (Å²) in [4.78, 5) is 5.15. The number of aromatic nitrogens is 3. The van der Waals surface area contributed by atoms with Crippen LogP contribution >= 0.6 is 11.3 Å². The number of nitrogens with zero attached hydrogens (tertiary/aromatic N) is 3. The molecule has 2 aromatic rings. The molecule has 3 nitrogen and oxygen atoms in total. The van der Waals surface area contributed by atoms with Crippen LogP contribution in [0.5, 0.6) is 0 Å². The summed E-state index contributed by atoms with van der Waals surface area (Å²) < 4.78 is 1.79. The Morgan fingerprint density at radius 2 is 2.36 bits per heavy atom. The normalized spacial score (nSPS) is 10.3. The van der Waals surface area contributed by atoms with Crippen LogP contribution in [-0.4, -0.2) is 14.8 Å². The molecule has 0 aliphatic carbocycles. The van der Waals surface area contributed by atoms with Crippen molar-refractivity contribution in [3.05, 3.63) is 24.1 Å². The van der Waals surface area contributed by atoms with Gasteiger partial charge in [0.05, 0.1) is 16.6 Å². The van der Waals surface area contributed by atoms with Crippen molar-refractivity contribution in [3.63, 3.8) is 0 Å². The summed E-state index contributed by atoms with van der Waals surface area (Å²) >= 11 is 1.62. The Bertz CT molecular complexity index is 336. The molecule has 0 spiro atoms. The van der Waals surface area contributed by atoms with E-state index >= 15 is 0 Å². The highest BCUT2D eigenvalue weighted by Gasteiger charge is 1.99. The molecule has 4 heteroatoms. The maximum absolute atomic E-state index is 4.07. The summed E-state index contributed by atoms with van der Waals surface area (Å²) in [6, 6.07) is 0. The maximum atomic E-state index is 4.07. The standard InChI is InChI=1S/C7H7N3S/c1-10-4-6(2-9-10)7-3-8-5-11-7/h2-5H,1H3. The highest BCUT2D eigenvalue weighted by molar-refractivity contribution is 7.13. The molecule has 11 heavy (non-hydrogen) atoms. The summed E-state index contributed by atoms with van der Waals surface area (Å²) in [6.07, 6.45) is 5.67. The SMILES string of the molecule is Cn1cc(-c2cncs2)cn1. The maximum Gasteiger partial charge on any atom is 0.0798 e. The average molecular weight is 165 g/mol. The lowest BCUT2D eigenvalue weighted by Gasteiger charge is -1.84. The zero-order valence-electron chi connectivity index (χ0n) is 6.06. The van der Waals surface area contributed by atoms with E-state index in [9.17, 15) is 0 Å². The molecule has 0 aliphatic rings. The van der Waals surface area contributed by atoms with Crippen LogP contribution in [0.15, 0.2) is 24.1 Å². The Labute approximate surface area is 68.3 Å². The lowest BCUT2D eigenvalue weighted by atomic mass is 10.3. The van der Waals surface area contributed by atoms with Crippen molar-refractivity contribution in [2.24, 2.45) is 7.05 Å². The highest BCUT2D eigenvalue weighted by atomic mass is 32.1. The molecule has 2 rings (SSSR count). The van der Waals surface area contributed by atoms with Crippen LogP contribution in [0.2, 0.25) is 0 Å². The third-order valence-corrected chi connectivity index (χ3v) is 2.24. The quantitative estimate of drug-likeness (QED) is 0.641. The predicted octanol–water partition coefficient (Wildman–Crippen LogP) is 1.54. The topological polar surface area (TPSA) is 30.7 Å². The van der Waals surface area contributed by atoms with E-state index < -0.39 is 0 Å². The Kier molecular flexibility index (Phi) is 1.47. The first kappa shape index (κ1) is 6.54. The zero-order valence-corrected chi connectivity index (χ0v) is 6.88. The Hall–Kier alpha value is -1.16. The van der Waals surface area contributed by atoms with Crippen LogP contribution in [-0.2, 0) is 7.05 Å². The molecule has 0 N–H and O–H groups in total. The van der Waals surface area contributed by atoms with Gasteiger partial charge < -0.3 is 0 Å². The van der Waals surface area contributed by atoms with Crippen LogP contribution in [0.1, 0.15) is 0 Å². The number of aryl methyl sites for hydroxylation is 1. The minimum Gasteiger partial charge on any atom is -0.275 e. The minimum atomic E-state index is 1.13. The largest absolute Gasteiger partial charge is 0.275 e. The molecule has 0 fully saturated rings. The molecule has 56 valence electrons. The lowest BCUT2D eigenvalue weighted by molar-refractivity contribution is 0.768. The fourth-order valence-electron chi connectivity index (χ4n) is 0.907. The molecule has 0 atom stereocenters. The van der Waals surface area contributed by atoms with Crippen LogP contribution in [0.3, 0.4) is 0 Å². The molecule has 0 radical (unpaired) electrons. The second-order valence-corrected chi connectivity index (χ2v) is 3.15. The number of hydrogen-bond acceptors (Lipinski definition) is 3. The Balaban J connectivity index is 2.45. The van der Waals surface area contributed by atoms with Gasteiger partial charge in [-0.15, -0.1) is 11.3 Å². The van der Waals surface area contributed by atoms with E-state index in [1.807, 2.05) is 31.1 Å². The number of rotatable bonds is 1. The van der Waals surface area contributed by atoms with Crippen LogP contribution < -0.4 is 0 Å². The minimum absolute atomic E-state index is 1.13. The van der Waals surface area contributed by atoms with Gasteiger partial charge in [-0.25, -0.2) is 0 Å². The van der Waals surface area contributed by atoms with E-state index in [1.165, 1.54) is 0 Å². The summed E-state index contributed by atoms with van der Waals surface area (Å²) in [5, 5.41) is 4.07. The molecule has 2 heterocycles. The molecular formula is C7H7N3S. The zero-order chi connectivity index (χ0) is 7.68. The molecular weight excluding hydrogens is 158 g/mol. The summed E-state index contributed by atoms with van der Waals surface area (Å²) in [5.41, 5.74) is 2.96. The van der Waals surface area contributed by atoms with Crippen LogP contribution in [0.4, 0.5) is 0 Å². The van der Waals surface area contributed by atoms with Gasteiger partial charge in [-0.1, -0.05) is 0 Å². The van der Waals surface area contributed by atoms with Gasteiger partial charge in [-0.2, -0.15) is 5.10 Å². The van der Waals surface area contributed by atoms with E-state index in [0.29, 0.717) is 0 Å². The van der Waals surface area contributed by atoms with Gasteiger partial charge in [0.1, 0.15) is 0 Å². The number of thiazole rings is 1. The summed E-state index contributed by atoms with van der Waals surface area (Å²) in [6.45, 7) is 0. The Morgan fingerprint density at radius 1 is 1.45 bits per heavy atom. The smallest absolute Gasteiger partial charge is 0.0798 e. The van der Waals surface area contributed by atoms with E-state index in [-0.39, 0.29) is 0 Å². The van der Waals surface area contributed by atoms with Crippen molar-refractivity contribution in [2.45, 2.75) is 0 Å². The van der Waals surface area contributed by atoms with Gasteiger partial charge >= 0.3 is 0 Å². The van der Waals surface area contributed by atoms with E-state index in [0.717, 1.165) is 10.4 Å². The number of hydrogen-bond donors (Lipinski definition) is 0. The summed E-state index contributed by atoms with van der Waals surface area (Å²) in [7, 11) is 1.91. The lowest BCUT2D eigenvalue weighted by Crippen LogP contribution is -1.83. The molecule has 0 amide bonds. The monoisotopic (exact) mass is 165 g/mol. The fraction of sp³-hybridized carbons (Fsp3) is 0.143. The predicted molar refractivity (Wildman–Crippen MR) is 44.3 cm³/mol. The molecule has 0 bridgehead atoms. The second-order valence-electron chi connectivity index (χ2n) is 2.27. The van der Waals surface area contributed by atoms with Crippen LogP contribution in [0.25, 0.3) is 10.4 Å². The van der Waals surface area contributed by atoms with Crippen molar-refractivity contribution in [2.75, 3.05) is 0 Å². The third kappa shape index (κ3) is 1.17. The van der Waals surface area contributed by atoms with Crippen molar-refractivity contribution >= 4 is 11.3 Å². The van der Waals surface area contributed by atoms with E-state index in [2.05, 4.69) is 10.1 Å². The third-order valence-electron chi connectivity index (χ3n) is 1.42. The second kappa shape index (κ2) is 2.47. The average Bonchev–Trinajstić information content (AvgIpc) is 2.55. The first-order valence-corrected chi connectivity index (χ1v) is 4.12. The van der Waals surface area contributed by atoms with Crippen molar-refractivity contribution < 1.29 is 0 Å². The molecule has 2 aromatic heterocycles. The first-order valence-electron chi connectivity index (χ1n) is 3.24. The highest BCUT2D eigenvalue weighted by Crippen LogP contribution is 2.21. The fourth-order valence-corrected chi connectivity index (χ4v) is 1.51. The van der Waals surface area contributed by atoms with Gasteiger partial charge in [-0.3, -0.25) is 9.67 Å². The first-order chi connectivity index (χ1) is 5.36. The van der Waals surface area contributed by atoms with Gasteiger partial charge in [-0.05, 0) is 0 Å². The molecule has 0 saturated heterocycles. The van der Waals surface area contributed by atoms with Crippen molar-refractivity contribution in [1.82, 2.24) is 14.8 Å². The van der Waals surface area contributed by atoms with E-state index in [1.54, 1.807) is 16.0 Å². The van der Waals surface area contributed by atoms with E-state index in [4.69, 9.17) is 0 Å². The molecule has 0 aromatic carbocycles. The Morgan fingerprint density at radius 3 is 2.91 bits per heavy atom. The molecule has 0 saturated carbocycles.